The first-order chi connectivity index (χ1) is 10.2. The number of rotatable bonds is 6. The van der Waals surface area contributed by atoms with Crippen molar-refractivity contribution < 1.29 is 18.8 Å². The van der Waals surface area contributed by atoms with Gasteiger partial charge < -0.3 is 14.0 Å². The van der Waals surface area contributed by atoms with Gasteiger partial charge in [0.25, 0.3) is 0 Å². The number of hydrogen-bond donors (Lipinski definition) is 0. The van der Waals surface area contributed by atoms with Crippen molar-refractivity contribution in [3.8, 4) is 17.1 Å². The highest BCUT2D eigenvalue weighted by atomic mass is 16.5. The van der Waals surface area contributed by atoms with Crippen molar-refractivity contribution in [1.82, 2.24) is 10.1 Å². The van der Waals surface area contributed by atoms with Gasteiger partial charge in [0, 0.05) is 0 Å². The second-order valence-corrected chi connectivity index (χ2v) is 4.36. The molecule has 0 N–H and O–H groups in total. The van der Waals surface area contributed by atoms with E-state index in [-0.39, 0.29) is 11.9 Å². The van der Waals surface area contributed by atoms with E-state index < -0.39 is 5.92 Å². The molecule has 1 aromatic heterocycles. The fourth-order valence-corrected chi connectivity index (χ4v) is 1.82. The third-order valence-corrected chi connectivity index (χ3v) is 2.88. The van der Waals surface area contributed by atoms with E-state index in [2.05, 4.69) is 10.1 Å². The summed E-state index contributed by atoms with van der Waals surface area (Å²) in [5, 5.41) is 3.92. The molecule has 0 spiro atoms. The average molecular weight is 290 g/mol. The zero-order valence-electron chi connectivity index (χ0n) is 12.3. The summed E-state index contributed by atoms with van der Waals surface area (Å²) in [4.78, 5) is 16.0. The quantitative estimate of drug-likeness (QED) is 0.761. The largest absolute Gasteiger partial charge is 0.493 e. The number of aromatic nitrogens is 2. The number of ether oxygens (including phenoxy) is 2. The molecule has 0 saturated carbocycles. The van der Waals surface area contributed by atoms with Crippen LogP contribution in [0.25, 0.3) is 11.4 Å². The summed E-state index contributed by atoms with van der Waals surface area (Å²) in [5.74, 6) is 0.326. The molecule has 1 aromatic carbocycles. The van der Waals surface area contributed by atoms with Crippen molar-refractivity contribution in [3.05, 3.63) is 30.2 Å². The van der Waals surface area contributed by atoms with Crippen LogP contribution in [0.1, 0.15) is 32.6 Å². The molecule has 21 heavy (non-hydrogen) atoms. The van der Waals surface area contributed by atoms with Gasteiger partial charge in [-0.15, -0.1) is 0 Å². The molecule has 6 nitrogen and oxygen atoms in total. The molecular formula is C15H18N2O4. The van der Waals surface area contributed by atoms with E-state index in [0.29, 0.717) is 24.8 Å². The Morgan fingerprint density at radius 2 is 2.05 bits per heavy atom. The number of benzene rings is 1. The van der Waals surface area contributed by atoms with E-state index in [0.717, 1.165) is 5.56 Å². The van der Waals surface area contributed by atoms with Gasteiger partial charge in [-0.25, -0.2) is 0 Å². The summed E-state index contributed by atoms with van der Waals surface area (Å²) in [5.41, 5.74) is 0.727. The van der Waals surface area contributed by atoms with E-state index in [4.69, 9.17) is 14.0 Å². The Hall–Kier alpha value is -2.37. The first-order valence-electron chi connectivity index (χ1n) is 6.89. The summed E-state index contributed by atoms with van der Waals surface area (Å²) in [6, 6.07) is 7.41. The second kappa shape index (κ2) is 6.88. The molecular weight excluding hydrogens is 272 g/mol. The van der Waals surface area contributed by atoms with Crippen LogP contribution in [-0.2, 0) is 9.53 Å². The van der Waals surface area contributed by atoms with Crippen LogP contribution in [0.4, 0.5) is 0 Å². The topological polar surface area (TPSA) is 74.5 Å². The molecule has 0 fully saturated rings. The SMILES string of the molecule is CCOC(=O)C(C)c1nc(-c2ccccc2OCC)no1. The van der Waals surface area contributed by atoms with Gasteiger partial charge >= 0.3 is 5.97 Å². The Labute approximate surface area is 123 Å². The van der Waals surface area contributed by atoms with E-state index in [9.17, 15) is 4.79 Å². The van der Waals surface area contributed by atoms with Crippen LogP contribution >= 0.6 is 0 Å². The van der Waals surface area contributed by atoms with Gasteiger partial charge in [0.2, 0.25) is 11.7 Å². The maximum atomic E-state index is 11.7. The lowest BCUT2D eigenvalue weighted by atomic mass is 10.1. The smallest absolute Gasteiger partial charge is 0.318 e. The fraction of sp³-hybridized carbons (Fsp3) is 0.400. The Bertz CT molecular complexity index is 609. The van der Waals surface area contributed by atoms with Gasteiger partial charge in [-0.2, -0.15) is 4.98 Å². The normalized spacial score (nSPS) is 12.0. The number of esters is 1. The van der Waals surface area contributed by atoms with Crippen LogP contribution < -0.4 is 4.74 Å². The summed E-state index contributed by atoms with van der Waals surface area (Å²) in [6.07, 6.45) is 0. The average Bonchev–Trinajstić information content (AvgIpc) is 2.97. The molecule has 1 unspecified atom stereocenters. The molecule has 1 atom stereocenters. The van der Waals surface area contributed by atoms with Crippen LogP contribution in [0.3, 0.4) is 0 Å². The summed E-state index contributed by atoms with van der Waals surface area (Å²) >= 11 is 0. The van der Waals surface area contributed by atoms with E-state index in [1.807, 2.05) is 31.2 Å². The Balaban J connectivity index is 2.26. The van der Waals surface area contributed by atoms with Gasteiger partial charge in [0.1, 0.15) is 11.7 Å². The molecule has 0 radical (unpaired) electrons. The van der Waals surface area contributed by atoms with Crippen molar-refractivity contribution in [1.29, 1.82) is 0 Å². The molecule has 0 saturated heterocycles. The van der Waals surface area contributed by atoms with Crippen molar-refractivity contribution >= 4 is 5.97 Å². The molecule has 6 heteroatoms. The van der Waals surface area contributed by atoms with E-state index in [1.54, 1.807) is 13.8 Å². The number of carbonyl (C=O) groups excluding carboxylic acids is 1. The third-order valence-electron chi connectivity index (χ3n) is 2.88. The van der Waals surface area contributed by atoms with Crippen LogP contribution in [0, 0.1) is 0 Å². The van der Waals surface area contributed by atoms with Gasteiger partial charge in [-0.05, 0) is 32.9 Å². The Morgan fingerprint density at radius 1 is 1.29 bits per heavy atom. The molecule has 0 aliphatic carbocycles. The minimum atomic E-state index is -0.592. The number of hydrogen-bond acceptors (Lipinski definition) is 6. The highest BCUT2D eigenvalue weighted by Crippen LogP contribution is 2.28. The van der Waals surface area contributed by atoms with E-state index >= 15 is 0 Å². The Kier molecular flexibility index (Phi) is 4.92. The zero-order valence-corrected chi connectivity index (χ0v) is 12.3. The van der Waals surface area contributed by atoms with Crippen LogP contribution in [0.15, 0.2) is 28.8 Å². The second-order valence-electron chi connectivity index (χ2n) is 4.36. The molecule has 2 aromatic rings. The minimum absolute atomic E-state index is 0.231. The lowest BCUT2D eigenvalue weighted by Gasteiger charge is -2.06. The number of nitrogens with zero attached hydrogens (tertiary/aromatic N) is 2. The molecule has 0 aliphatic rings. The van der Waals surface area contributed by atoms with Crippen LogP contribution in [0.2, 0.25) is 0 Å². The maximum Gasteiger partial charge on any atom is 0.318 e. The molecule has 112 valence electrons. The molecule has 2 rings (SSSR count). The lowest BCUT2D eigenvalue weighted by molar-refractivity contribution is -0.145. The first-order valence-corrected chi connectivity index (χ1v) is 6.89. The highest BCUT2D eigenvalue weighted by molar-refractivity contribution is 5.76. The van der Waals surface area contributed by atoms with Crippen LogP contribution in [0.5, 0.6) is 5.75 Å². The predicted octanol–water partition coefficient (Wildman–Crippen LogP) is 2.80. The molecule has 0 aliphatic heterocycles. The van der Waals surface area contributed by atoms with Crippen molar-refractivity contribution in [2.45, 2.75) is 26.7 Å². The van der Waals surface area contributed by atoms with Gasteiger partial charge in [-0.3, -0.25) is 4.79 Å². The Morgan fingerprint density at radius 3 is 2.76 bits per heavy atom. The van der Waals surface area contributed by atoms with Crippen LogP contribution in [-0.4, -0.2) is 29.3 Å². The summed E-state index contributed by atoms with van der Waals surface area (Å²) in [6.45, 7) is 6.19. The zero-order chi connectivity index (χ0) is 15.2. The van der Waals surface area contributed by atoms with Gasteiger partial charge in [-0.1, -0.05) is 17.3 Å². The fourth-order valence-electron chi connectivity index (χ4n) is 1.82. The summed E-state index contributed by atoms with van der Waals surface area (Å²) < 4.78 is 15.6. The monoisotopic (exact) mass is 290 g/mol. The van der Waals surface area contributed by atoms with Crippen molar-refractivity contribution in [3.63, 3.8) is 0 Å². The predicted molar refractivity (Wildman–Crippen MR) is 76.0 cm³/mol. The van der Waals surface area contributed by atoms with Crippen molar-refractivity contribution in [2.75, 3.05) is 13.2 Å². The van der Waals surface area contributed by atoms with Gasteiger partial charge in [0.15, 0.2) is 0 Å². The van der Waals surface area contributed by atoms with Gasteiger partial charge in [0.05, 0.1) is 18.8 Å². The molecule has 0 amide bonds. The number of carbonyl (C=O) groups is 1. The molecule has 1 heterocycles. The standard InChI is InChI=1S/C15H18N2O4/c1-4-19-12-9-7-6-8-11(12)13-16-14(21-17-13)10(3)15(18)20-5-2/h6-10H,4-5H2,1-3H3. The van der Waals surface area contributed by atoms with Crippen molar-refractivity contribution in [2.24, 2.45) is 0 Å². The molecule has 0 bridgehead atoms. The third kappa shape index (κ3) is 3.39. The highest BCUT2D eigenvalue weighted by Gasteiger charge is 2.24. The van der Waals surface area contributed by atoms with E-state index in [1.165, 1.54) is 0 Å². The minimum Gasteiger partial charge on any atom is -0.493 e. The summed E-state index contributed by atoms with van der Waals surface area (Å²) in [7, 11) is 0. The first kappa shape index (κ1) is 15.0. The lowest BCUT2D eigenvalue weighted by Crippen LogP contribution is -2.13. The maximum absolute atomic E-state index is 11.7. The number of para-hydroxylation sites is 1.